The van der Waals surface area contributed by atoms with Crippen LogP contribution in [0.25, 0.3) is 10.6 Å². The Morgan fingerprint density at radius 1 is 1.54 bits per heavy atom. The molecule has 2 nitrogen and oxygen atoms in total. The van der Waals surface area contributed by atoms with Crippen LogP contribution < -0.4 is 0 Å². The van der Waals surface area contributed by atoms with Crippen molar-refractivity contribution >= 4 is 38.9 Å². The van der Waals surface area contributed by atoms with E-state index in [4.69, 9.17) is 11.6 Å². The molecule has 0 aliphatic heterocycles. The number of hydrogen-bond donors (Lipinski definition) is 0. The number of hydrogen-bond acceptors (Lipinski definition) is 2. The predicted octanol–water partition coefficient (Wildman–Crippen LogP) is 3.56. The lowest BCUT2D eigenvalue weighted by molar-refractivity contribution is 0.925. The third-order valence-corrected chi connectivity index (χ3v) is 3.75. The molecule has 0 unspecified atom stereocenters. The van der Waals surface area contributed by atoms with Crippen molar-refractivity contribution in [1.29, 1.82) is 0 Å². The molecule has 0 fully saturated rings. The number of nitrogens with zero attached hydrogens (tertiary/aromatic N) is 2. The topological polar surface area (TPSA) is 17.8 Å². The molecular formula is C8H6BrClN2S. The summed E-state index contributed by atoms with van der Waals surface area (Å²) in [5.41, 5.74) is 1.04. The molecule has 5 heteroatoms. The highest BCUT2D eigenvalue weighted by Crippen LogP contribution is 2.31. The SMILES string of the molecule is Cn1c(-c2ccc(Br)s2)cnc1Cl. The molecule has 0 aliphatic rings. The maximum absolute atomic E-state index is 5.83. The fourth-order valence-corrected chi connectivity index (χ4v) is 2.64. The Labute approximate surface area is 93.3 Å². The fraction of sp³-hybridized carbons (Fsp3) is 0.125. The van der Waals surface area contributed by atoms with Crippen molar-refractivity contribution in [2.75, 3.05) is 0 Å². The van der Waals surface area contributed by atoms with Crippen LogP contribution in [0.5, 0.6) is 0 Å². The van der Waals surface area contributed by atoms with Gasteiger partial charge in [-0.2, -0.15) is 0 Å². The summed E-state index contributed by atoms with van der Waals surface area (Å²) in [7, 11) is 1.90. The Bertz CT molecular complexity index is 435. The van der Waals surface area contributed by atoms with Crippen molar-refractivity contribution in [2.45, 2.75) is 0 Å². The van der Waals surface area contributed by atoms with Crippen molar-refractivity contribution in [1.82, 2.24) is 9.55 Å². The molecule has 68 valence electrons. The molecule has 2 aromatic rings. The van der Waals surface area contributed by atoms with Gasteiger partial charge in [-0.05, 0) is 39.7 Å². The predicted molar refractivity (Wildman–Crippen MR) is 59.2 cm³/mol. The molecule has 13 heavy (non-hydrogen) atoms. The Hall–Kier alpha value is -0.320. The normalized spacial score (nSPS) is 10.7. The summed E-state index contributed by atoms with van der Waals surface area (Å²) in [6.07, 6.45) is 1.78. The Morgan fingerprint density at radius 2 is 2.31 bits per heavy atom. The quantitative estimate of drug-likeness (QED) is 0.779. The molecule has 2 rings (SSSR count). The molecule has 0 saturated heterocycles. The van der Waals surface area contributed by atoms with Crippen molar-refractivity contribution in [3.63, 3.8) is 0 Å². The monoisotopic (exact) mass is 276 g/mol. The molecule has 0 saturated carbocycles. The van der Waals surface area contributed by atoms with Crippen molar-refractivity contribution in [3.8, 4) is 10.6 Å². The summed E-state index contributed by atoms with van der Waals surface area (Å²) >= 11 is 10.9. The van der Waals surface area contributed by atoms with Gasteiger partial charge in [0.25, 0.3) is 0 Å². The summed E-state index contributed by atoms with van der Waals surface area (Å²) in [5.74, 6) is 0. The van der Waals surface area contributed by atoms with E-state index in [2.05, 4.69) is 20.9 Å². The van der Waals surface area contributed by atoms with E-state index in [1.165, 1.54) is 0 Å². The third-order valence-electron chi connectivity index (χ3n) is 1.76. The maximum Gasteiger partial charge on any atom is 0.202 e. The first kappa shape index (κ1) is 9.24. The molecule has 2 aromatic heterocycles. The lowest BCUT2D eigenvalue weighted by Crippen LogP contribution is -1.88. The summed E-state index contributed by atoms with van der Waals surface area (Å²) in [6.45, 7) is 0. The fourth-order valence-electron chi connectivity index (χ4n) is 1.07. The van der Waals surface area contributed by atoms with Gasteiger partial charge in [0.1, 0.15) is 0 Å². The average Bonchev–Trinajstić information content (AvgIpc) is 2.62. The van der Waals surface area contributed by atoms with Gasteiger partial charge in [-0.25, -0.2) is 4.98 Å². The van der Waals surface area contributed by atoms with Crippen LogP contribution >= 0.6 is 38.9 Å². The number of thiophene rings is 1. The molecule has 0 aliphatic carbocycles. The molecule has 0 aromatic carbocycles. The minimum atomic E-state index is 0.513. The average molecular weight is 278 g/mol. The van der Waals surface area contributed by atoms with Crippen LogP contribution in [0.3, 0.4) is 0 Å². The van der Waals surface area contributed by atoms with Crippen molar-refractivity contribution in [2.24, 2.45) is 7.05 Å². The van der Waals surface area contributed by atoms with Gasteiger partial charge in [0, 0.05) is 7.05 Å². The smallest absolute Gasteiger partial charge is 0.202 e. The zero-order chi connectivity index (χ0) is 9.42. The van der Waals surface area contributed by atoms with Gasteiger partial charge >= 0.3 is 0 Å². The summed E-state index contributed by atoms with van der Waals surface area (Å²) in [5, 5.41) is 0.513. The van der Waals surface area contributed by atoms with E-state index in [1.807, 2.05) is 23.7 Å². The Morgan fingerprint density at radius 3 is 2.77 bits per heavy atom. The van der Waals surface area contributed by atoms with Crippen LogP contribution in [-0.2, 0) is 7.05 Å². The lowest BCUT2D eigenvalue weighted by Gasteiger charge is -1.97. The molecule has 0 bridgehead atoms. The Balaban J connectivity index is 2.52. The first-order valence-electron chi connectivity index (χ1n) is 3.61. The van der Waals surface area contributed by atoms with Gasteiger partial charge in [0.15, 0.2) is 0 Å². The van der Waals surface area contributed by atoms with E-state index in [0.29, 0.717) is 5.28 Å². The summed E-state index contributed by atoms with van der Waals surface area (Å²) in [6, 6.07) is 4.06. The second-order valence-corrected chi connectivity index (χ2v) is 5.38. The van der Waals surface area contributed by atoms with Crippen LogP contribution in [0.1, 0.15) is 0 Å². The molecule has 2 heterocycles. The van der Waals surface area contributed by atoms with Crippen LogP contribution in [0.2, 0.25) is 5.28 Å². The minimum Gasteiger partial charge on any atom is -0.317 e. The second kappa shape index (κ2) is 3.44. The highest BCUT2D eigenvalue weighted by atomic mass is 79.9. The van der Waals surface area contributed by atoms with E-state index < -0.39 is 0 Å². The van der Waals surface area contributed by atoms with Crippen LogP contribution in [0, 0.1) is 0 Å². The zero-order valence-electron chi connectivity index (χ0n) is 6.79. The second-order valence-electron chi connectivity index (χ2n) is 2.58. The van der Waals surface area contributed by atoms with Gasteiger partial charge in [-0.1, -0.05) is 0 Å². The van der Waals surface area contributed by atoms with Gasteiger partial charge in [-0.3, -0.25) is 0 Å². The molecule has 0 atom stereocenters. The van der Waals surface area contributed by atoms with Gasteiger partial charge < -0.3 is 4.57 Å². The van der Waals surface area contributed by atoms with E-state index >= 15 is 0 Å². The van der Waals surface area contributed by atoms with E-state index in [9.17, 15) is 0 Å². The highest BCUT2D eigenvalue weighted by Gasteiger charge is 2.08. The maximum atomic E-state index is 5.83. The first-order valence-corrected chi connectivity index (χ1v) is 5.60. The molecule has 0 N–H and O–H groups in total. The van der Waals surface area contributed by atoms with E-state index in [0.717, 1.165) is 14.4 Å². The zero-order valence-corrected chi connectivity index (χ0v) is 9.95. The van der Waals surface area contributed by atoms with E-state index in [1.54, 1.807) is 17.5 Å². The van der Waals surface area contributed by atoms with Crippen LogP contribution in [-0.4, -0.2) is 9.55 Å². The lowest BCUT2D eigenvalue weighted by atomic mass is 10.4. The van der Waals surface area contributed by atoms with Gasteiger partial charge in [0.05, 0.1) is 20.6 Å². The molecular weight excluding hydrogens is 272 g/mol. The summed E-state index contributed by atoms with van der Waals surface area (Å²) in [4.78, 5) is 5.18. The van der Waals surface area contributed by atoms with E-state index in [-0.39, 0.29) is 0 Å². The van der Waals surface area contributed by atoms with Crippen LogP contribution in [0.4, 0.5) is 0 Å². The molecule has 0 radical (unpaired) electrons. The van der Waals surface area contributed by atoms with Gasteiger partial charge in [0.2, 0.25) is 5.28 Å². The van der Waals surface area contributed by atoms with Crippen molar-refractivity contribution in [3.05, 3.63) is 27.4 Å². The number of rotatable bonds is 1. The first-order chi connectivity index (χ1) is 6.18. The van der Waals surface area contributed by atoms with Gasteiger partial charge in [-0.15, -0.1) is 11.3 Å². The van der Waals surface area contributed by atoms with Crippen molar-refractivity contribution < 1.29 is 0 Å². The van der Waals surface area contributed by atoms with Crippen LogP contribution in [0.15, 0.2) is 22.1 Å². The number of imidazole rings is 1. The number of aromatic nitrogens is 2. The standard InChI is InChI=1S/C8H6BrClN2S/c1-12-5(4-11-8(12)10)6-2-3-7(9)13-6/h2-4H,1H3. The third kappa shape index (κ3) is 1.66. The number of halogens is 2. The summed E-state index contributed by atoms with van der Waals surface area (Å²) < 4.78 is 2.97. The minimum absolute atomic E-state index is 0.513. The highest BCUT2D eigenvalue weighted by molar-refractivity contribution is 9.11. The molecule has 0 amide bonds. The molecule has 0 spiro atoms. The Kier molecular flexibility index (Phi) is 2.45. The largest absolute Gasteiger partial charge is 0.317 e.